The van der Waals surface area contributed by atoms with Crippen LogP contribution in [0.3, 0.4) is 0 Å². The second-order valence-corrected chi connectivity index (χ2v) is 7.39. The fraction of sp³-hybridized carbons (Fsp3) is 0.261. The number of hydrogen-bond acceptors (Lipinski definition) is 7. The maximum Gasteiger partial charge on any atom is 0.416 e. The lowest BCUT2D eigenvalue weighted by Gasteiger charge is -2.05. The van der Waals surface area contributed by atoms with Gasteiger partial charge in [0, 0.05) is 18.8 Å². The lowest BCUT2D eigenvalue weighted by Crippen LogP contribution is -2.03. The van der Waals surface area contributed by atoms with Crippen LogP contribution in [0.15, 0.2) is 59.7 Å². The Bertz CT molecular complexity index is 1190. The van der Waals surface area contributed by atoms with Crippen molar-refractivity contribution in [3.8, 4) is 5.88 Å². The maximum atomic E-state index is 12.6. The largest absolute Gasteiger partial charge is 0.470 e. The molecule has 0 aliphatic heterocycles. The highest BCUT2D eigenvalue weighted by Crippen LogP contribution is 2.29. The second kappa shape index (κ2) is 10.7. The number of unbranched alkanes of at least 4 members (excludes halogenated alkanes) is 1. The van der Waals surface area contributed by atoms with E-state index in [2.05, 4.69) is 25.3 Å². The summed E-state index contributed by atoms with van der Waals surface area (Å²) < 4.78 is 50.6. The van der Waals surface area contributed by atoms with Gasteiger partial charge in [0.25, 0.3) is 0 Å². The number of hydrogen-bond donors (Lipinski definition) is 0. The molecule has 3 heterocycles. The van der Waals surface area contributed by atoms with Crippen LogP contribution < -0.4 is 4.74 Å². The Morgan fingerprint density at radius 1 is 1.00 bits per heavy atom. The maximum absolute atomic E-state index is 12.6. The third-order valence-electron chi connectivity index (χ3n) is 4.82. The third kappa shape index (κ3) is 6.74. The predicted molar refractivity (Wildman–Crippen MR) is 116 cm³/mol. The summed E-state index contributed by atoms with van der Waals surface area (Å²) in [6.45, 7) is 0.956. The zero-order valence-electron chi connectivity index (χ0n) is 18.0. The molecule has 0 saturated carbocycles. The molecule has 1 aromatic carbocycles. The van der Waals surface area contributed by atoms with Gasteiger partial charge in [0.05, 0.1) is 29.8 Å². The number of aryl methyl sites for hydroxylation is 2. The molecule has 4 rings (SSSR count). The molecule has 4 aromatic rings. The van der Waals surface area contributed by atoms with Crippen LogP contribution in [-0.2, 0) is 25.7 Å². The Labute approximate surface area is 193 Å². The number of halogens is 3. The van der Waals surface area contributed by atoms with Gasteiger partial charge in [0.2, 0.25) is 11.8 Å². The Morgan fingerprint density at radius 2 is 1.85 bits per heavy atom. The molecule has 0 atom stereocenters. The zero-order valence-corrected chi connectivity index (χ0v) is 18.0. The molecule has 11 heteroatoms. The molecule has 0 N–H and O–H groups in total. The summed E-state index contributed by atoms with van der Waals surface area (Å²) in [6.07, 6.45) is 9.75. The average molecular weight is 470 g/mol. The molecule has 0 bridgehead atoms. The van der Waals surface area contributed by atoms with E-state index >= 15 is 0 Å². The van der Waals surface area contributed by atoms with Crippen molar-refractivity contribution in [3.63, 3.8) is 0 Å². The lowest BCUT2D eigenvalue weighted by atomic mass is 10.1. The van der Waals surface area contributed by atoms with Gasteiger partial charge in [-0.05, 0) is 43.0 Å². The summed E-state index contributed by atoms with van der Waals surface area (Å²) in [5.41, 5.74) is 1.33. The fourth-order valence-corrected chi connectivity index (χ4v) is 3.04. The first kappa shape index (κ1) is 23.1. The Hall–Kier alpha value is -4.02. The monoisotopic (exact) mass is 470 g/mol. The first-order valence-electron chi connectivity index (χ1n) is 10.5. The Morgan fingerprint density at radius 3 is 2.56 bits per heavy atom. The van der Waals surface area contributed by atoms with Crippen LogP contribution in [0.4, 0.5) is 13.2 Å². The van der Waals surface area contributed by atoms with Gasteiger partial charge in [-0.25, -0.2) is 9.97 Å². The van der Waals surface area contributed by atoms with Crippen molar-refractivity contribution in [1.82, 2.24) is 29.9 Å². The second-order valence-electron chi connectivity index (χ2n) is 7.39. The minimum atomic E-state index is -4.36. The molecular weight excluding hydrogens is 449 g/mol. The van der Waals surface area contributed by atoms with Crippen molar-refractivity contribution in [1.29, 1.82) is 0 Å². The number of rotatable bonds is 10. The van der Waals surface area contributed by atoms with Gasteiger partial charge in [-0.15, -0.1) is 5.10 Å². The van der Waals surface area contributed by atoms with Crippen molar-refractivity contribution >= 4 is 12.2 Å². The van der Waals surface area contributed by atoms with E-state index in [0.717, 1.165) is 43.6 Å². The van der Waals surface area contributed by atoms with Gasteiger partial charge in [-0.1, -0.05) is 17.3 Å². The van der Waals surface area contributed by atoms with Crippen LogP contribution in [0.1, 0.15) is 41.2 Å². The van der Waals surface area contributed by atoms with Gasteiger partial charge in [-0.2, -0.15) is 13.2 Å². The van der Waals surface area contributed by atoms with Gasteiger partial charge >= 0.3 is 6.18 Å². The van der Waals surface area contributed by atoms with Gasteiger partial charge in [0.15, 0.2) is 0 Å². The summed E-state index contributed by atoms with van der Waals surface area (Å²) in [7, 11) is 0. The van der Waals surface area contributed by atoms with Crippen LogP contribution >= 0.6 is 0 Å². The van der Waals surface area contributed by atoms with Crippen molar-refractivity contribution in [2.45, 2.75) is 38.6 Å². The number of alkyl halides is 3. The molecule has 0 saturated heterocycles. The Kier molecular flexibility index (Phi) is 7.31. The first-order chi connectivity index (χ1) is 16.5. The minimum absolute atomic E-state index is 0.142. The van der Waals surface area contributed by atoms with Gasteiger partial charge < -0.3 is 9.15 Å². The van der Waals surface area contributed by atoms with E-state index in [1.54, 1.807) is 35.4 Å². The van der Waals surface area contributed by atoms with E-state index < -0.39 is 11.7 Å². The summed E-state index contributed by atoms with van der Waals surface area (Å²) in [6, 6.07) is 4.82. The van der Waals surface area contributed by atoms with Gasteiger partial charge in [0.1, 0.15) is 18.6 Å². The quantitative estimate of drug-likeness (QED) is 0.306. The zero-order chi connectivity index (χ0) is 23.8. The number of nitrogens with zero attached hydrogens (tertiary/aromatic N) is 6. The van der Waals surface area contributed by atoms with Crippen LogP contribution in [0.25, 0.3) is 12.2 Å². The normalized spacial score (nSPS) is 11.9. The number of ether oxygens (including phenoxy) is 1. The highest BCUT2D eigenvalue weighted by molar-refractivity contribution is 5.66. The molecule has 0 spiro atoms. The average Bonchev–Trinajstić information content (AvgIpc) is 3.52. The molecule has 0 aliphatic rings. The summed E-state index contributed by atoms with van der Waals surface area (Å²) >= 11 is 0. The Balaban J connectivity index is 1.21. The minimum Gasteiger partial charge on any atom is -0.470 e. The SMILES string of the molecule is FC(F)(F)c1ccc(/C=C/c2nc(COc3cnc(CCCCn4ccnn4)cn3)co2)cc1. The van der Waals surface area contributed by atoms with Crippen LogP contribution in [0, 0.1) is 0 Å². The first-order valence-corrected chi connectivity index (χ1v) is 10.5. The summed E-state index contributed by atoms with van der Waals surface area (Å²) in [5, 5.41) is 7.70. The number of benzene rings is 1. The molecular formula is C23H21F3N6O2. The van der Waals surface area contributed by atoms with E-state index in [-0.39, 0.29) is 6.61 Å². The summed E-state index contributed by atoms with van der Waals surface area (Å²) in [5.74, 6) is 0.682. The smallest absolute Gasteiger partial charge is 0.416 e. The van der Waals surface area contributed by atoms with E-state index in [0.29, 0.717) is 23.0 Å². The molecule has 0 unspecified atom stereocenters. The van der Waals surface area contributed by atoms with Crippen LogP contribution in [0.2, 0.25) is 0 Å². The highest BCUT2D eigenvalue weighted by atomic mass is 19.4. The molecule has 0 fully saturated rings. The molecule has 3 aromatic heterocycles. The molecule has 0 aliphatic carbocycles. The topological polar surface area (TPSA) is 91.8 Å². The fourth-order valence-electron chi connectivity index (χ4n) is 3.04. The van der Waals surface area contributed by atoms with Crippen molar-refractivity contribution in [3.05, 3.63) is 83.7 Å². The van der Waals surface area contributed by atoms with E-state index in [9.17, 15) is 13.2 Å². The third-order valence-corrected chi connectivity index (χ3v) is 4.82. The number of oxazole rings is 1. The standard InChI is InChI=1S/C23H21F3N6O2/c24-23(25,26)18-7-4-17(5-8-18)6-9-21-30-20(15-33-21)16-34-22-14-27-19(13-28-22)3-1-2-11-32-12-10-29-31-32/h4-10,12-15H,1-3,11,16H2/b9-6+. The van der Waals surface area contributed by atoms with Gasteiger partial charge in [-0.3, -0.25) is 9.67 Å². The molecule has 0 amide bonds. The van der Waals surface area contributed by atoms with E-state index in [1.807, 2.05) is 6.20 Å². The van der Waals surface area contributed by atoms with E-state index in [4.69, 9.17) is 9.15 Å². The van der Waals surface area contributed by atoms with E-state index in [1.165, 1.54) is 18.4 Å². The lowest BCUT2D eigenvalue weighted by molar-refractivity contribution is -0.137. The van der Waals surface area contributed by atoms with Crippen molar-refractivity contribution in [2.24, 2.45) is 0 Å². The highest BCUT2D eigenvalue weighted by Gasteiger charge is 2.29. The molecule has 176 valence electrons. The van der Waals surface area contributed by atoms with Crippen molar-refractivity contribution < 1.29 is 22.3 Å². The molecule has 34 heavy (non-hydrogen) atoms. The molecule has 8 nitrogen and oxygen atoms in total. The van der Waals surface area contributed by atoms with Crippen LogP contribution in [-0.4, -0.2) is 29.9 Å². The van der Waals surface area contributed by atoms with Crippen LogP contribution in [0.5, 0.6) is 5.88 Å². The number of aromatic nitrogens is 6. The predicted octanol–water partition coefficient (Wildman–Crippen LogP) is 4.85. The van der Waals surface area contributed by atoms with Crippen molar-refractivity contribution in [2.75, 3.05) is 0 Å². The molecule has 0 radical (unpaired) electrons. The summed E-state index contributed by atoms with van der Waals surface area (Å²) in [4.78, 5) is 12.9.